The number of thioether (sulfide) groups is 1. The molecule has 1 rings (SSSR count). The highest BCUT2D eigenvalue weighted by atomic mass is 35.5. The summed E-state index contributed by atoms with van der Waals surface area (Å²) < 4.78 is 0. The van der Waals surface area contributed by atoms with E-state index in [1.165, 1.54) is 0 Å². The molecule has 0 aliphatic heterocycles. The molecule has 1 N–H and O–H groups in total. The van der Waals surface area contributed by atoms with Crippen molar-refractivity contribution >= 4 is 40.2 Å². The van der Waals surface area contributed by atoms with Crippen molar-refractivity contribution in [2.45, 2.75) is 4.90 Å². The Morgan fingerprint density at radius 1 is 1.36 bits per heavy atom. The second kappa shape index (κ2) is 6.17. The fraction of sp³-hybridized carbons (Fsp3) is 0.222. The van der Waals surface area contributed by atoms with Crippen LogP contribution in [0.15, 0.2) is 29.2 Å². The second-order valence-electron chi connectivity index (χ2n) is 2.46. The first-order valence-corrected chi connectivity index (χ1v) is 5.72. The Kier molecular flexibility index (Phi) is 5.15. The third-order valence-corrected chi connectivity index (χ3v) is 2.67. The molecule has 1 aromatic carbocycles. The molecule has 5 heteroatoms. The van der Waals surface area contributed by atoms with Gasteiger partial charge in [-0.15, -0.1) is 11.6 Å². The van der Waals surface area contributed by atoms with Crippen molar-refractivity contribution in [2.24, 2.45) is 0 Å². The smallest absolute Gasteiger partial charge is 0.283 e. The first-order chi connectivity index (χ1) is 6.72. The van der Waals surface area contributed by atoms with Crippen molar-refractivity contribution < 1.29 is 4.79 Å². The Labute approximate surface area is 97.0 Å². The van der Waals surface area contributed by atoms with E-state index in [4.69, 9.17) is 23.2 Å². The van der Waals surface area contributed by atoms with Crippen molar-refractivity contribution in [2.75, 3.05) is 12.4 Å². The number of hydrogen-bond donors (Lipinski definition) is 1. The molecular weight excluding hydrogens is 241 g/mol. The monoisotopic (exact) mass is 249 g/mol. The molecule has 0 spiro atoms. The van der Waals surface area contributed by atoms with E-state index in [0.717, 1.165) is 16.7 Å². The van der Waals surface area contributed by atoms with Gasteiger partial charge in [-0.1, -0.05) is 11.6 Å². The number of alkyl halides is 1. The first-order valence-electron chi connectivity index (χ1n) is 3.99. The van der Waals surface area contributed by atoms with Gasteiger partial charge in [0, 0.05) is 22.3 Å². The van der Waals surface area contributed by atoms with E-state index in [1.54, 1.807) is 24.3 Å². The molecule has 0 unspecified atom stereocenters. The lowest BCUT2D eigenvalue weighted by molar-refractivity contribution is 0.261. The van der Waals surface area contributed by atoms with Crippen molar-refractivity contribution in [3.63, 3.8) is 0 Å². The maximum atomic E-state index is 11.2. The van der Waals surface area contributed by atoms with Crippen molar-refractivity contribution in [1.82, 2.24) is 5.32 Å². The molecule has 0 aliphatic rings. The van der Waals surface area contributed by atoms with Crippen LogP contribution in [0.4, 0.5) is 4.79 Å². The number of hydrogen-bond acceptors (Lipinski definition) is 2. The highest BCUT2D eigenvalue weighted by molar-refractivity contribution is 8.13. The summed E-state index contributed by atoms with van der Waals surface area (Å²) in [6.45, 7) is 0.487. The van der Waals surface area contributed by atoms with Crippen LogP contribution in [0.5, 0.6) is 0 Å². The fourth-order valence-corrected chi connectivity index (χ4v) is 1.68. The Hall–Kier alpha value is -0.380. The van der Waals surface area contributed by atoms with Crippen LogP contribution in [0.3, 0.4) is 0 Å². The predicted octanol–water partition coefficient (Wildman–Crippen LogP) is 3.38. The van der Waals surface area contributed by atoms with E-state index < -0.39 is 0 Å². The minimum atomic E-state index is -0.104. The van der Waals surface area contributed by atoms with Gasteiger partial charge in [-0.2, -0.15) is 0 Å². The summed E-state index contributed by atoms with van der Waals surface area (Å²) in [7, 11) is 0. The van der Waals surface area contributed by atoms with Gasteiger partial charge in [-0.05, 0) is 36.0 Å². The van der Waals surface area contributed by atoms with Gasteiger partial charge < -0.3 is 5.32 Å². The third kappa shape index (κ3) is 4.22. The van der Waals surface area contributed by atoms with Crippen LogP contribution >= 0.6 is 35.0 Å². The van der Waals surface area contributed by atoms with Crippen LogP contribution in [0, 0.1) is 0 Å². The molecule has 14 heavy (non-hydrogen) atoms. The van der Waals surface area contributed by atoms with Crippen LogP contribution in [0.25, 0.3) is 0 Å². The topological polar surface area (TPSA) is 29.1 Å². The zero-order valence-electron chi connectivity index (χ0n) is 7.30. The summed E-state index contributed by atoms with van der Waals surface area (Å²) in [4.78, 5) is 12.1. The average molecular weight is 250 g/mol. The molecule has 1 amide bonds. The normalized spacial score (nSPS) is 9.86. The summed E-state index contributed by atoms with van der Waals surface area (Å²) in [5.74, 6) is 0.424. The van der Waals surface area contributed by atoms with Gasteiger partial charge in [0.25, 0.3) is 5.24 Å². The quantitative estimate of drug-likeness (QED) is 0.658. The second-order valence-corrected chi connectivity index (χ2v) is 4.32. The maximum absolute atomic E-state index is 11.2. The van der Waals surface area contributed by atoms with Crippen molar-refractivity contribution in [1.29, 1.82) is 0 Å². The number of halogens is 2. The summed E-state index contributed by atoms with van der Waals surface area (Å²) in [6, 6.07) is 7.10. The van der Waals surface area contributed by atoms with Crippen molar-refractivity contribution in [3.05, 3.63) is 29.3 Å². The molecule has 1 aromatic rings. The van der Waals surface area contributed by atoms with Gasteiger partial charge in [0.1, 0.15) is 0 Å². The van der Waals surface area contributed by atoms with E-state index >= 15 is 0 Å². The zero-order valence-corrected chi connectivity index (χ0v) is 9.62. The highest BCUT2D eigenvalue weighted by Gasteiger charge is 2.02. The maximum Gasteiger partial charge on any atom is 0.283 e. The van der Waals surface area contributed by atoms with Gasteiger partial charge in [0.15, 0.2) is 0 Å². The highest BCUT2D eigenvalue weighted by Crippen LogP contribution is 2.20. The summed E-state index contributed by atoms with van der Waals surface area (Å²) >= 11 is 12.3. The van der Waals surface area contributed by atoms with E-state index in [1.807, 2.05) is 0 Å². The lowest BCUT2D eigenvalue weighted by atomic mass is 10.4. The zero-order chi connectivity index (χ0) is 10.4. The Morgan fingerprint density at radius 2 is 2.00 bits per heavy atom. The summed E-state index contributed by atoms with van der Waals surface area (Å²) in [6.07, 6.45) is 0. The van der Waals surface area contributed by atoms with Gasteiger partial charge in [0.05, 0.1) is 0 Å². The molecule has 76 valence electrons. The number of rotatable bonds is 3. The molecule has 2 nitrogen and oxygen atoms in total. The number of carbonyl (C=O) groups excluding carboxylic acids is 1. The van der Waals surface area contributed by atoms with Gasteiger partial charge >= 0.3 is 0 Å². The Bertz CT molecular complexity index is 302. The predicted molar refractivity (Wildman–Crippen MR) is 61.4 cm³/mol. The van der Waals surface area contributed by atoms with Crippen LogP contribution in [0.1, 0.15) is 0 Å². The molecule has 0 saturated carbocycles. The minimum absolute atomic E-state index is 0.104. The van der Waals surface area contributed by atoms with Crippen molar-refractivity contribution in [3.8, 4) is 0 Å². The van der Waals surface area contributed by atoms with E-state index in [2.05, 4.69) is 5.32 Å². The standard InChI is InChI=1S/C9H9Cl2NOS/c10-5-6-12-9(13)14-8-3-1-7(11)2-4-8/h1-4H,5-6H2,(H,12,13). The lowest BCUT2D eigenvalue weighted by Gasteiger charge is -2.01. The van der Waals surface area contributed by atoms with E-state index in [0.29, 0.717) is 17.4 Å². The average Bonchev–Trinajstić information content (AvgIpc) is 2.18. The van der Waals surface area contributed by atoms with Gasteiger partial charge in [-0.25, -0.2) is 0 Å². The molecule has 0 aliphatic carbocycles. The summed E-state index contributed by atoms with van der Waals surface area (Å²) in [5.41, 5.74) is 0. The minimum Gasteiger partial charge on any atom is -0.345 e. The molecular formula is C9H9Cl2NOS. The number of carbonyl (C=O) groups is 1. The SMILES string of the molecule is O=C(NCCCl)Sc1ccc(Cl)cc1. The van der Waals surface area contributed by atoms with Crippen LogP contribution in [-0.4, -0.2) is 17.7 Å². The fourth-order valence-electron chi connectivity index (χ4n) is 0.795. The third-order valence-electron chi connectivity index (χ3n) is 1.39. The molecule has 0 bridgehead atoms. The molecule has 0 atom stereocenters. The largest absolute Gasteiger partial charge is 0.345 e. The number of amides is 1. The van der Waals surface area contributed by atoms with E-state index in [-0.39, 0.29) is 5.24 Å². The molecule has 0 saturated heterocycles. The van der Waals surface area contributed by atoms with Crippen LogP contribution < -0.4 is 5.32 Å². The summed E-state index contributed by atoms with van der Waals surface area (Å²) in [5, 5.41) is 3.21. The van der Waals surface area contributed by atoms with Gasteiger partial charge in [-0.3, -0.25) is 4.79 Å². The molecule has 0 fully saturated rings. The Morgan fingerprint density at radius 3 is 2.57 bits per heavy atom. The first kappa shape index (κ1) is 11.7. The number of nitrogens with one attached hydrogen (secondary N) is 1. The van der Waals surface area contributed by atoms with Crippen LogP contribution in [0.2, 0.25) is 5.02 Å². The Balaban J connectivity index is 2.44. The molecule has 0 heterocycles. The molecule has 0 aromatic heterocycles. The molecule has 0 radical (unpaired) electrons. The lowest BCUT2D eigenvalue weighted by Crippen LogP contribution is -2.20. The number of benzene rings is 1. The van der Waals surface area contributed by atoms with Gasteiger partial charge in [0.2, 0.25) is 0 Å². The van der Waals surface area contributed by atoms with Crippen LogP contribution in [-0.2, 0) is 0 Å². The van der Waals surface area contributed by atoms with E-state index in [9.17, 15) is 4.79 Å².